The molecular formula is C15H30N2O3. The zero-order chi connectivity index (χ0) is 15.6. The Kier molecular flexibility index (Phi) is 9.21. The van der Waals surface area contributed by atoms with Crippen molar-refractivity contribution >= 4 is 12.4 Å². The number of likely N-dealkylation sites (tertiary alicyclic amines) is 1. The summed E-state index contributed by atoms with van der Waals surface area (Å²) in [4.78, 5) is 22.2. The molecule has 2 fully saturated rings. The van der Waals surface area contributed by atoms with Crippen LogP contribution in [0.4, 0.5) is 4.79 Å². The van der Waals surface area contributed by atoms with Gasteiger partial charge in [-0.25, -0.2) is 4.79 Å². The van der Waals surface area contributed by atoms with Gasteiger partial charge in [0.1, 0.15) is 11.9 Å². The van der Waals surface area contributed by atoms with E-state index in [4.69, 9.17) is 9.53 Å². The lowest BCUT2D eigenvalue weighted by Gasteiger charge is -2.24. The summed E-state index contributed by atoms with van der Waals surface area (Å²) in [7, 11) is 1.92. The summed E-state index contributed by atoms with van der Waals surface area (Å²) in [5, 5.41) is 3.16. The Bertz CT molecular complexity index is 283. The number of hydrogen-bond donors (Lipinski definition) is 1. The Morgan fingerprint density at radius 2 is 1.80 bits per heavy atom. The highest BCUT2D eigenvalue weighted by Crippen LogP contribution is 2.15. The molecule has 0 aromatic heterocycles. The molecule has 1 aliphatic heterocycles. The molecule has 2 rings (SSSR count). The van der Waals surface area contributed by atoms with Gasteiger partial charge in [0.25, 0.3) is 0 Å². The number of nitrogens with zero attached hydrogens (tertiary/aromatic N) is 1. The minimum absolute atomic E-state index is 0.199. The number of hydrogen-bond acceptors (Lipinski definition) is 4. The lowest BCUT2D eigenvalue weighted by Crippen LogP contribution is -2.37. The van der Waals surface area contributed by atoms with Gasteiger partial charge in [-0.2, -0.15) is 0 Å². The molecule has 20 heavy (non-hydrogen) atoms. The first-order valence-electron chi connectivity index (χ1n) is 7.39. The van der Waals surface area contributed by atoms with E-state index in [-0.39, 0.29) is 6.09 Å². The van der Waals surface area contributed by atoms with Crippen molar-refractivity contribution in [3.8, 4) is 0 Å². The van der Waals surface area contributed by atoms with Gasteiger partial charge in [0, 0.05) is 19.1 Å². The maximum absolute atomic E-state index is 11.6. The third-order valence-electron chi connectivity index (χ3n) is 2.60. The molecule has 5 nitrogen and oxygen atoms in total. The van der Waals surface area contributed by atoms with Crippen molar-refractivity contribution < 1.29 is 14.3 Å². The van der Waals surface area contributed by atoms with Gasteiger partial charge in [-0.1, -0.05) is 19.3 Å². The van der Waals surface area contributed by atoms with E-state index in [1.807, 2.05) is 27.8 Å². The predicted molar refractivity (Wildman–Crippen MR) is 80.9 cm³/mol. The van der Waals surface area contributed by atoms with Crippen LogP contribution in [-0.4, -0.2) is 49.1 Å². The van der Waals surface area contributed by atoms with Crippen LogP contribution in [-0.2, 0) is 9.53 Å². The molecule has 1 heterocycles. The topological polar surface area (TPSA) is 58.6 Å². The fourth-order valence-corrected chi connectivity index (χ4v) is 1.49. The molecule has 1 saturated heterocycles. The normalized spacial score (nSPS) is 20.1. The fraction of sp³-hybridized carbons (Fsp3) is 0.867. The predicted octanol–water partition coefficient (Wildman–Crippen LogP) is 2.59. The first kappa shape index (κ1) is 18.9. The molecule has 0 spiro atoms. The lowest BCUT2D eigenvalue weighted by atomic mass is 10.2. The van der Waals surface area contributed by atoms with E-state index < -0.39 is 5.60 Å². The highest BCUT2D eigenvalue weighted by molar-refractivity contribution is 5.68. The van der Waals surface area contributed by atoms with Crippen LogP contribution < -0.4 is 5.32 Å². The van der Waals surface area contributed by atoms with Crippen molar-refractivity contribution in [2.75, 3.05) is 20.1 Å². The van der Waals surface area contributed by atoms with Gasteiger partial charge in [-0.05, 0) is 41.2 Å². The van der Waals surface area contributed by atoms with Gasteiger partial charge < -0.3 is 19.7 Å². The molecule has 2 aliphatic rings. The summed E-state index contributed by atoms with van der Waals surface area (Å²) >= 11 is 0. The van der Waals surface area contributed by atoms with E-state index in [2.05, 4.69) is 5.32 Å². The Morgan fingerprint density at radius 1 is 1.30 bits per heavy atom. The summed E-state index contributed by atoms with van der Waals surface area (Å²) in [5.74, 6) is 0. The Morgan fingerprint density at radius 3 is 2.10 bits per heavy atom. The number of carbonyl (C=O) groups is 2. The number of amides is 1. The van der Waals surface area contributed by atoms with Crippen molar-refractivity contribution in [2.24, 2.45) is 0 Å². The zero-order valence-electron chi connectivity index (χ0n) is 13.6. The first-order valence-corrected chi connectivity index (χ1v) is 7.39. The Balaban J connectivity index is 0.000000499. The summed E-state index contributed by atoms with van der Waals surface area (Å²) in [5.41, 5.74) is -0.394. The Hall–Kier alpha value is -1.10. The smallest absolute Gasteiger partial charge is 0.410 e. The van der Waals surface area contributed by atoms with Crippen LogP contribution in [0.1, 0.15) is 53.4 Å². The largest absolute Gasteiger partial charge is 0.444 e. The zero-order valence-corrected chi connectivity index (χ0v) is 13.6. The average molecular weight is 286 g/mol. The highest BCUT2D eigenvalue weighted by atomic mass is 16.6. The van der Waals surface area contributed by atoms with Crippen molar-refractivity contribution in [1.29, 1.82) is 0 Å². The van der Waals surface area contributed by atoms with Gasteiger partial charge in [-0.3, -0.25) is 0 Å². The van der Waals surface area contributed by atoms with Crippen LogP contribution in [0.15, 0.2) is 0 Å². The molecule has 0 radical (unpaired) electrons. The molecule has 0 aromatic carbocycles. The van der Waals surface area contributed by atoms with Crippen LogP contribution >= 0.6 is 0 Å². The van der Waals surface area contributed by atoms with E-state index in [1.54, 1.807) is 4.90 Å². The number of rotatable bonds is 1. The van der Waals surface area contributed by atoms with Crippen LogP contribution in [0.25, 0.3) is 0 Å². The minimum Gasteiger partial charge on any atom is -0.444 e. The Labute approximate surface area is 123 Å². The van der Waals surface area contributed by atoms with Crippen LogP contribution in [0.2, 0.25) is 0 Å². The van der Waals surface area contributed by atoms with E-state index in [0.29, 0.717) is 6.04 Å². The molecule has 1 unspecified atom stereocenters. The summed E-state index contributed by atoms with van der Waals surface area (Å²) in [6.07, 6.45) is 6.06. The van der Waals surface area contributed by atoms with E-state index >= 15 is 0 Å². The molecule has 118 valence electrons. The first-order chi connectivity index (χ1) is 9.34. The second kappa shape index (κ2) is 9.75. The number of ether oxygens (including phenoxy) is 1. The van der Waals surface area contributed by atoms with Crippen molar-refractivity contribution in [1.82, 2.24) is 10.2 Å². The van der Waals surface area contributed by atoms with Gasteiger partial charge >= 0.3 is 6.09 Å². The molecule has 1 amide bonds. The standard InChI is InChI=1S/C10H20N2O2.C3H6.C2H4O/c1-10(2,3)14-9(13)12-6-5-8(7-12)11-4;1-2-3-1;1-2-3/h8,11H,5-7H2,1-4H3;1-3H2;2H,1H3. The quantitative estimate of drug-likeness (QED) is 0.753. The van der Waals surface area contributed by atoms with Crippen LogP contribution in [0.5, 0.6) is 0 Å². The van der Waals surface area contributed by atoms with Gasteiger partial charge in [-0.15, -0.1) is 0 Å². The van der Waals surface area contributed by atoms with Gasteiger partial charge in [0.15, 0.2) is 0 Å². The maximum atomic E-state index is 11.6. The molecule has 1 atom stereocenters. The van der Waals surface area contributed by atoms with Gasteiger partial charge in [0.2, 0.25) is 0 Å². The van der Waals surface area contributed by atoms with E-state index in [9.17, 15) is 4.79 Å². The monoisotopic (exact) mass is 286 g/mol. The summed E-state index contributed by atoms with van der Waals surface area (Å²) in [6.45, 7) is 8.65. The second-order valence-corrected chi connectivity index (χ2v) is 6.00. The number of carbonyl (C=O) groups excluding carboxylic acids is 2. The molecule has 1 aliphatic carbocycles. The fourth-order valence-electron chi connectivity index (χ4n) is 1.49. The van der Waals surface area contributed by atoms with Crippen molar-refractivity contribution in [3.05, 3.63) is 0 Å². The third kappa shape index (κ3) is 10.8. The number of aldehydes is 1. The summed E-state index contributed by atoms with van der Waals surface area (Å²) < 4.78 is 5.27. The molecule has 0 aromatic rings. The van der Waals surface area contributed by atoms with Crippen LogP contribution in [0.3, 0.4) is 0 Å². The van der Waals surface area contributed by atoms with Crippen molar-refractivity contribution in [2.45, 2.75) is 65.0 Å². The lowest BCUT2D eigenvalue weighted by molar-refractivity contribution is -0.106. The second-order valence-electron chi connectivity index (χ2n) is 6.00. The average Bonchev–Trinajstić information content (AvgIpc) is 3.13. The minimum atomic E-state index is -0.394. The highest BCUT2D eigenvalue weighted by Gasteiger charge is 2.28. The third-order valence-corrected chi connectivity index (χ3v) is 2.60. The van der Waals surface area contributed by atoms with E-state index in [0.717, 1.165) is 25.8 Å². The van der Waals surface area contributed by atoms with Gasteiger partial charge in [0.05, 0.1) is 0 Å². The molecule has 0 bridgehead atoms. The molecular weight excluding hydrogens is 256 g/mol. The molecule has 1 saturated carbocycles. The SMILES string of the molecule is C1CC1.CC=O.CNC1CCN(C(=O)OC(C)(C)C)C1. The number of nitrogens with one attached hydrogen (secondary N) is 1. The summed E-state index contributed by atoms with van der Waals surface area (Å²) in [6, 6.07) is 0.419. The van der Waals surface area contributed by atoms with E-state index in [1.165, 1.54) is 26.2 Å². The number of likely N-dealkylation sites (N-methyl/N-ethyl adjacent to an activating group) is 1. The van der Waals surface area contributed by atoms with Crippen molar-refractivity contribution in [3.63, 3.8) is 0 Å². The maximum Gasteiger partial charge on any atom is 0.410 e. The molecule has 5 heteroatoms. The van der Waals surface area contributed by atoms with Crippen LogP contribution in [0, 0.1) is 0 Å². The molecule has 1 N–H and O–H groups in total.